The van der Waals surface area contributed by atoms with Crippen molar-refractivity contribution in [3.05, 3.63) is 52.2 Å². The van der Waals surface area contributed by atoms with Gasteiger partial charge in [0.15, 0.2) is 23.0 Å². The fraction of sp³-hybridized carbons (Fsp3) is 0.150. The molecule has 1 fully saturated rings. The fourth-order valence-corrected chi connectivity index (χ4v) is 3.11. The molecule has 26 heavy (non-hydrogen) atoms. The van der Waals surface area contributed by atoms with Gasteiger partial charge in [-0.2, -0.15) is 0 Å². The molecular formula is C20H16O6. The first-order valence-electron chi connectivity index (χ1n) is 8.12. The Morgan fingerprint density at radius 2 is 1.65 bits per heavy atom. The predicted molar refractivity (Wildman–Crippen MR) is 96.6 cm³/mol. The molecule has 0 aliphatic heterocycles. The van der Waals surface area contributed by atoms with Gasteiger partial charge in [-0.15, -0.1) is 0 Å². The van der Waals surface area contributed by atoms with Crippen LogP contribution in [0.1, 0.15) is 29.9 Å². The summed E-state index contributed by atoms with van der Waals surface area (Å²) in [5.41, 5.74) is 1.32. The van der Waals surface area contributed by atoms with Crippen LogP contribution in [-0.2, 0) is 0 Å². The van der Waals surface area contributed by atoms with Crippen LogP contribution in [0, 0.1) is 0 Å². The van der Waals surface area contributed by atoms with E-state index in [-0.39, 0.29) is 22.3 Å². The van der Waals surface area contributed by atoms with E-state index in [4.69, 9.17) is 4.42 Å². The number of phenols is 3. The molecule has 0 saturated heterocycles. The summed E-state index contributed by atoms with van der Waals surface area (Å²) in [6.45, 7) is 3.73. The zero-order valence-corrected chi connectivity index (χ0v) is 13.7. The van der Waals surface area contributed by atoms with Gasteiger partial charge in [-0.05, 0) is 48.1 Å². The molecule has 0 amide bonds. The molecule has 1 heterocycles. The molecule has 0 atom stereocenters. The number of rotatable bonds is 3. The smallest absolute Gasteiger partial charge is 0.235 e. The predicted octanol–water partition coefficient (Wildman–Crippen LogP) is 3.80. The first-order chi connectivity index (χ1) is 12.4. The zero-order chi connectivity index (χ0) is 18.6. The molecule has 6 heteroatoms. The van der Waals surface area contributed by atoms with Crippen molar-refractivity contribution in [2.75, 3.05) is 0 Å². The van der Waals surface area contributed by atoms with Gasteiger partial charge in [-0.1, -0.05) is 18.7 Å². The molecule has 3 aromatic rings. The summed E-state index contributed by atoms with van der Waals surface area (Å²) in [4.78, 5) is 12.7. The summed E-state index contributed by atoms with van der Waals surface area (Å²) in [5.74, 6) is -2.31. The first kappa shape index (κ1) is 16.1. The topological polar surface area (TPSA) is 111 Å². The molecule has 0 bridgehead atoms. The highest BCUT2D eigenvalue weighted by Crippen LogP contribution is 2.44. The van der Waals surface area contributed by atoms with Crippen LogP contribution in [0.5, 0.6) is 23.0 Å². The first-order valence-corrected chi connectivity index (χ1v) is 8.12. The van der Waals surface area contributed by atoms with Gasteiger partial charge >= 0.3 is 0 Å². The van der Waals surface area contributed by atoms with Crippen molar-refractivity contribution in [2.45, 2.75) is 18.8 Å². The average Bonchev–Trinajstić information content (AvgIpc) is 3.46. The number of fused-ring (bicyclic) bond motifs is 1. The highest BCUT2D eigenvalue weighted by atomic mass is 16.4. The minimum atomic E-state index is -0.693. The van der Waals surface area contributed by atoms with E-state index in [2.05, 4.69) is 6.58 Å². The Morgan fingerprint density at radius 3 is 2.23 bits per heavy atom. The molecule has 1 saturated carbocycles. The number of benzene rings is 2. The van der Waals surface area contributed by atoms with Crippen molar-refractivity contribution in [2.24, 2.45) is 0 Å². The van der Waals surface area contributed by atoms with Crippen molar-refractivity contribution in [1.29, 1.82) is 0 Å². The van der Waals surface area contributed by atoms with E-state index < -0.39 is 28.4 Å². The Hall–Kier alpha value is -3.41. The lowest BCUT2D eigenvalue weighted by Gasteiger charge is -2.11. The number of phenolic OH excluding ortho intramolecular Hbond substituents is 3. The molecule has 132 valence electrons. The number of hydrogen-bond acceptors (Lipinski definition) is 6. The van der Waals surface area contributed by atoms with Crippen LogP contribution in [0.2, 0.25) is 0 Å². The van der Waals surface area contributed by atoms with Crippen LogP contribution in [0.3, 0.4) is 0 Å². The van der Waals surface area contributed by atoms with Crippen molar-refractivity contribution < 1.29 is 24.8 Å². The molecular weight excluding hydrogens is 336 g/mol. The molecule has 4 N–H and O–H groups in total. The summed E-state index contributed by atoms with van der Waals surface area (Å²) in [6.07, 6.45) is 3.68. The molecule has 0 unspecified atom stereocenters. The van der Waals surface area contributed by atoms with E-state index in [9.17, 15) is 25.2 Å². The van der Waals surface area contributed by atoms with Crippen molar-refractivity contribution >= 4 is 17.0 Å². The standard InChI is InChI=1S/C20H16O6/c1-2-9-5-11(10-3-4-10)8-15-16(9)18(24)19(25)20(26-15)12-6-13(21)17(23)14(22)7-12/h2,5-8,10,21-23,25H,1,3-4H2. The fourth-order valence-electron chi connectivity index (χ4n) is 3.11. The molecule has 1 aromatic heterocycles. The largest absolute Gasteiger partial charge is 0.504 e. The Kier molecular flexibility index (Phi) is 3.44. The van der Waals surface area contributed by atoms with E-state index in [1.807, 2.05) is 6.07 Å². The third-order valence-corrected chi connectivity index (χ3v) is 4.62. The Morgan fingerprint density at radius 1 is 1.00 bits per heavy atom. The number of aromatic hydroxyl groups is 4. The zero-order valence-electron chi connectivity index (χ0n) is 13.7. The van der Waals surface area contributed by atoms with Gasteiger partial charge < -0.3 is 24.8 Å². The van der Waals surface area contributed by atoms with Crippen LogP contribution < -0.4 is 5.43 Å². The molecule has 2 aromatic carbocycles. The summed E-state index contributed by atoms with van der Waals surface area (Å²) in [5, 5.41) is 39.4. The van der Waals surface area contributed by atoms with Gasteiger partial charge in [0.25, 0.3) is 0 Å². The summed E-state index contributed by atoms with van der Waals surface area (Å²) in [6, 6.07) is 5.84. The van der Waals surface area contributed by atoms with E-state index >= 15 is 0 Å². The average molecular weight is 352 g/mol. The number of hydrogen-bond donors (Lipinski definition) is 4. The lowest BCUT2D eigenvalue weighted by molar-refractivity contribution is 0.368. The van der Waals surface area contributed by atoms with Crippen LogP contribution in [0.15, 0.2) is 40.1 Å². The van der Waals surface area contributed by atoms with E-state index in [0.717, 1.165) is 30.5 Å². The van der Waals surface area contributed by atoms with Crippen LogP contribution >= 0.6 is 0 Å². The van der Waals surface area contributed by atoms with Gasteiger partial charge in [0, 0.05) is 5.56 Å². The van der Waals surface area contributed by atoms with Crippen LogP contribution in [0.25, 0.3) is 28.4 Å². The van der Waals surface area contributed by atoms with Crippen molar-refractivity contribution in [3.63, 3.8) is 0 Å². The van der Waals surface area contributed by atoms with Gasteiger partial charge in [0.2, 0.25) is 11.2 Å². The monoisotopic (exact) mass is 352 g/mol. The minimum absolute atomic E-state index is 0.0614. The molecule has 1 aliphatic rings. The second-order valence-corrected chi connectivity index (χ2v) is 6.43. The van der Waals surface area contributed by atoms with Crippen molar-refractivity contribution in [1.82, 2.24) is 0 Å². The van der Waals surface area contributed by atoms with Gasteiger partial charge in [0.1, 0.15) is 5.58 Å². The Bertz CT molecular complexity index is 1100. The Balaban J connectivity index is 2.04. The summed E-state index contributed by atoms with van der Waals surface area (Å²) < 4.78 is 5.77. The molecule has 1 aliphatic carbocycles. The maximum Gasteiger partial charge on any atom is 0.235 e. The maximum absolute atomic E-state index is 12.7. The lowest BCUT2D eigenvalue weighted by Crippen LogP contribution is -2.05. The highest BCUT2D eigenvalue weighted by molar-refractivity contribution is 5.90. The lowest BCUT2D eigenvalue weighted by atomic mass is 10.0. The molecule has 6 nitrogen and oxygen atoms in total. The van der Waals surface area contributed by atoms with Crippen LogP contribution in [0.4, 0.5) is 0 Å². The van der Waals surface area contributed by atoms with Crippen molar-refractivity contribution in [3.8, 4) is 34.3 Å². The summed E-state index contributed by atoms with van der Waals surface area (Å²) in [7, 11) is 0. The summed E-state index contributed by atoms with van der Waals surface area (Å²) >= 11 is 0. The maximum atomic E-state index is 12.7. The van der Waals surface area contributed by atoms with E-state index in [1.54, 1.807) is 12.1 Å². The van der Waals surface area contributed by atoms with Gasteiger partial charge in [-0.25, -0.2) is 0 Å². The van der Waals surface area contributed by atoms with E-state index in [0.29, 0.717) is 11.5 Å². The second kappa shape index (κ2) is 5.56. The molecule has 4 rings (SSSR count). The second-order valence-electron chi connectivity index (χ2n) is 6.43. The Labute approximate surface area is 147 Å². The van der Waals surface area contributed by atoms with Gasteiger partial charge in [-0.3, -0.25) is 4.79 Å². The third-order valence-electron chi connectivity index (χ3n) is 4.62. The minimum Gasteiger partial charge on any atom is -0.504 e. The molecule has 0 spiro atoms. The normalized spacial score (nSPS) is 13.8. The highest BCUT2D eigenvalue weighted by Gasteiger charge is 2.26. The van der Waals surface area contributed by atoms with Gasteiger partial charge in [0.05, 0.1) is 5.39 Å². The molecule has 0 radical (unpaired) electrons. The van der Waals surface area contributed by atoms with Crippen LogP contribution in [-0.4, -0.2) is 20.4 Å². The van der Waals surface area contributed by atoms with E-state index in [1.165, 1.54) is 0 Å². The third kappa shape index (κ3) is 2.38. The SMILES string of the molecule is C=Cc1cc(C2CC2)cc2oc(-c3cc(O)c(O)c(O)c3)c(O)c(=O)c12. The quantitative estimate of drug-likeness (QED) is 0.534.